The molecular weight excluding hydrogens is 411 g/mol. The number of carbonyl (C=O) groups is 1. The van der Waals surface area contributed by atoms with Crippen molar-refractivity contribution in [2.24, 2.45) is 0 Å². The number of rotatable bonds is 5. The van der Waals surface area contributed by atoms with Crippen LogP contribution in [0.3, 0.4) is 0 Å². The highest BCUT2D eigenvalue weighted by molar-refractivity contribution is 7.08. The zero-order valence-electron chi connectivity index (χ0n) is 14.8. The Bertz CT molecular complexity index is 863. The summed E-state index contributed by atoms with van der Waals surface area (Å²) in [6, 6.07) is 5.41. The van der Waals surface area contributed by atoms with E-state index >= 15 is 0 Å². The van der Waals surface area contributed by atoms with Crippen LogP contribution in [-0.2, 0) is 9.53 Å². The molecule has 0 bridgehead atoms. The average molecular weight is 429 g/mol. The summed E-state index contributed by atoms with van der Waals surface area (Å²) in [5.74, 6) is 1.02. The summed E-state index contributed by atoms with van der Waals surface area (Å²) >= 11 is 13.5. The van der Waals surface area contributed by atoms with Gasteiger partial charge in [-0.25, -0.2) is 0 Å². The van der Waals surface area contributed by atoms with Crippen molar-refractivity contribution in [3.05, 3.63) is 44.9 Å². The summed E-state index contributed by atoms with van der Waals surface area (Å²) in [7, 11) is 3.12. The molecule has 2 heterocycles. The van der Waals surface area contributed by atoms with E-state index in [4.69, 9.17) is 37.4 Å². The third-order valence-corrected chi connectivity index (χ3v) is 5.96. The fourth-order valence-electron chi connectivity index (χ4n) is 2.71. The molecule has 1 fully saturated rings. The van der Waals surface area contributed by atoms with E-state index in [1.165, 1.54) is 0 Å². The van der Waals surface area contributed by atoms with E-state index in [2.05, 4.69) is 4.37 Å². The topological polar surface area (TPSA) is 60.9 Å². The van der Waals surface area contributed by atoms with E-state index < -0.39 is 0 Å². The second kappa shape index (κ2) is 8.93. The molecule has 1 aromatic carbocycles. The number of methoxy groups -OCH3 is 2. The van der Waals surface area contributed by atoms with Gasteiger partial charge in [-0.3, -0.25) is 4.79 Å². The molecule has 0 spiro atoms. The summed E-state index contributed by atoms with van der Waals surface area (Å²) in [4.78, 5) is 15.2. The Morgan fingerprint density at radius 1 is 1.22 bits per heavy atom. The fraction of sp³-hybridized carbons (Fsp3) is 0.333. The first-order valence-electron chi connectivity index (χ1n) is 8.17. The molecule has 1 aromatic heterocycles. The number of ether oxygens (including phenoxy) is 3. The van der Waals surface area contributed by atoms with Gasteiger partial charge in [0.15, 0.2) is 16.7 Å². The fourth-order valence-corrected chi connectivity index (χ4v) is 3.98. The van der Waals surface area contributed by atoms with Gasteiger partial charge in [-0.05, 0) is 29.2 Å². The highest BCUT2D eigenvalue weighted by atomic mass is 35.5. The molecule has 1 aliphatic rings. The molecule has 0 radical (unpaired) electrons. The van der Waals surface area contributed by atoms with Crippen molar-refractivity contribution < 1.29 is 19.0 Å². The van der Waals surface area contributed by atoms with Crippen molar-refractivity contribution in [1.29, 1.82) is 0 Å². The molecule has 1 saturated heterocycles. The number of hydrogen-bond acceptors (Lipinski definition) is 6. The number of aromatic nitrogens is 1. The Balaban J connectivity index is 2.06. The maximum Gasteiger partial charge on any atom is 0.247 e. The van der Waals surface area contributed by atoms with Gasteiger partial charge >= 0.3 is 0 Å². The molecule has 1 aliphatic heterocycles. The van der Waals surface area contributed by atoms with Crippen molar-refractivity contribution in [3.63, 3.8) is 0 Å². The first-order chi connectivity index (χ1) is 13.0. The smallest absolute Gasteiger partial charge is 0.247 e. The van der Waals surface area contributed by atoms with Crippen LogP contribution < -0.4 is 9.47 Å². The van der Waals surface area contributed by atoms with E-state index in [-0.39, 0.29) is 11.1 Å². The Morgan fingerprint density at radius 3 is 2.52 bits per heavy atom. The monoisotopic (exact) mass is 428 g/mol. The Morgan fingerprint density at radius 2 is 1.93 bits per heavy atom. The van der Waals surface area contributed by atoms with Gasteiger partial charge in [0.05, 0.1) is 37.3 Å². The predicted molar refractivity (Wildman–Crippen MR) is 106 cm³/mol. The average Bonchev–Trinajstić information content (AvgIpc) is 3.04. The molecule has 0 unspecified atom stereocenters. The number of carbonyl (C=O) groups excluding carboxylic acids is 1. The molecule has 0 N–H and O–H groups in total. The van der Waals surface area contributed by atoms with E-state index in [0.717, 1.165) is 17.1 Å². The maximum atomic E-state index is 12.8. The van der Waals surface area contributed by atoms with Gasteiger partial charge in [0.2, 0.25) is 5.91 Å². The lowest BCUT2D eigenvalue weighted by Crippen LogP contribution is -2.39. The SMILES string of the molecule is COc1ccc(/C(=C\C(=O)N2CCOCC2)c2snc(Cl)c2Cl)cc1OC. The van der Waals surface area contributed by atoms with Crippen LogP contribution >= 0.6 is 34.7 Å². The minimum atomic E-state index is -0.122. The zero-order chi connectivity index (χ0) is 19.4. The zero-order valence-corrected chi connectivity index (χ0v) is 17.2. The number of halogens is 2. The number of hydrogen-bond donors (Lipinski definition) is 0. The van der Waals surface area contributed by atoms with Crippen molar-refractivity contribution >= 4 is 46.2 Å². The van der Waals surface area contributed by atoms with Crippen LogP contribution in [0, 0.1) is 0 Å². The molecule has 144 valence electrons. The molecule has 0 atom stereocenters. The van der Waals surface area contributed by atoms with Gasteiger partial charge in [0.1, 0.15) is 0 Å². The highest BCUT2D eigenvalue weighted by Gasteiger charge is 2.21. The third kappa shape index (κ3) is 4.38. The van der Waals surface area contributed by atoms with Crippen molar-refractivity contribution in [2.75, 3.05) is 40.5 Å². The Hall–Kier alpha value is -1.80. The lowest BCUT2D eigenvalue weighted by molar-refractivity contribution is -0.129. The van der Waals surface area contributed by atoms with E-state index in [1.54, 1.807) is 37.3 Å². The molecule has 1 amide bonds. The van der Waals surface area contributed by atoms with Gasteiger partial charge in [0, 0.05) is 24.7 Å². The van der Waals surface area contributed by atoms with E-state index in [9.17, 15) is 4.79 Å². The molecular formula is C18H18Cl2N2O4S. The highest BCUT2D eigenvalue weighted by Crippen LogP contribution is 2.39. The van der Waals surface area contributed by atoms with Crippen molar-refractivity contribution in [2.45, 2.75) is 0 Å². The molecule has 0 aliphatic carbocycles. The number of morpholine rings is 1. The number of nitrogens with zero attached hydrogens (tertiary/aromatic N) is 2. The van der Waals surface area contributed by atoms with E-state index in [1.807, 2.05) is 6.07 Å². The third-order valence-electron chi connectivity index (χ3n) is 4.13. The normalized spacial score (nSPS) is 15.0. The van der Waals surface area contributed by atoms with Gasteiger partial charge in [-0.2, -0.15) is 4.37 Å². The second-order valence-corrected chi connectivity index (χ2v) is 7.19. The lowest BCUT2D eigenvalue weighted by Gasteiger charge is -2.26. The minimum Gasteiger partial charge on any atom is -0.493 e. The second-order valence-electron chi connectivity index (χ2n) is 5.68. The summed E-state index contributed by atoms with van der Waals surface area (Å²) in [6.45, 7) is 2.15. The van der Waals surface area contributed by atoms with Crippen LogP contribution in [0.5, 0.6) is 11.5 Å². The van der Waals surface area contributed by atoms with Crippen LogP contribution in [-0.4, -0.2) is 55.7 Å². The van der Waals surface area contributed by atoms with Crippen LogP contribution in [0.4, 0.5) is 0 Å². The molecule has 2 aromatic rings. The summed E-state index contributed by atoms with van der Waals surface area (Å²) in [6.07, 6.45) is 1.56. The largest absolute Gasteiger partial charge is 0.493 e. The summed E-state index contributed by atoms with van der Waals surface area (Å²) in [5.41, 5.74) is 1.37. The van der Waals surface area contributed by atoms with E-state index in [0.29, 0.717) is 53.3 Å². The summed E-state index contributed by atoms with van der Waals surface area (Å²) in [5, 5.41) is 0.527. The van der Waals surface area contributed by atoms with Gasteiger partial charge < -0.3 is 19.1 Å². The van der Waals surface area contributed by atoms with Crippen LogP contribution in [0.15, 0.2) is 24.3 Å². The van der Waals surface area contributed by atoms with Gasteiger partial charge in [-0.1, -0.05) is 29.3 Å². The Kier molecular flexibility index (Phi) is 6.59. The van der Waals surface area contributed by atoms with Crippen LogP contribution in [0.2, 0.25) is 10.2 Å². The first-order valence-corrected chi connectivity index (χ1v) is 9.70. The minimum absolute atomic E-state index is 0.122. The molecule has 9 heteroatoms. The number of benzene rings is 1. The van der Waals surface area contributed by atoms with Crippen molar-refractivity contribution in [1.82, 2.24) is 9.27 Å². The van der Waals surface area contributed by atoms with Crippen molar-refractivity contribution in [3.8, 4) is 11.5 Å². The predicted octanol–water partition coefficient (Wildman–Crippen LogP) is 3.76. The first kappa shape index (κ1) is 19.9. The van der Waals surface area contributed by atoms with Gasteiger partial charge in [0.25, 0.3) is 0 Å². The van der Waals surface area contributed by atoms with Crippen LogP contribution in [0.1, 0.15) is 10.4 Å². The van der Waals surface area contributed by atoms with Crippen LogP contribution in [0.25, 0.3) is 5.57 Å². The Labute approximate surface area is 171 Å². The quantitative estimate of drug-likeness (QED) is 0.678. The standard InChI is InChI=1S/C18H18Cl2N2O4S/c1-24-13-4-3-11(9-14(13)25-2)12(17-16(19)18(20)21-27-17)10-15(23)22-5-7-26-8-6-22/h3-4,9-10H,5-8H2,1-2H3/b12-10+. The van der Waals surface area contributed by atoms with Gasteiger partial charge in [-0.15, -0.1) is 0 Å². The molecule has 0 saturated carbocycles. The lowest BCUT2D eigenvalue weighted by atomic mass is 10.0. The number of amides is 1. The summed E-state index contributed by atoms with van der Waals surface area (Å²) < 4.78 is 20.1. The molecule has 3 rings (SSSR count). The molecule has 27 heavy (non-hydrogen) atoms. The maximum absolute atomic E-state index is 12.8. The molecule has 6 nitrogen and oxygen atoms in total.